The van der Waals surface area contributed by atoms with Crippen LogP contribution < -0.4 is 9.81 Å². The number of hydrogen-bond donors (Lipinski definition) is 1. The third-order valence-corrected chi connectivity index (χ3v) is 2.66. The molecule has 0 amide bonds. The summed E-state index contributed by atoms with van der Waals surface area (Å²) in [4.78, 5) is 11.2. The van der Waals surface area contributed by atoms with Crippen LogP contribution in [0.5, 0.6) is 0 Å². The number of unbranched alkanes of at least 4 members (excludes halogenated alkanes) is 1. The van der Waals surface area contributed by atoms with Crippen LogP contribution in [-0.2, 0) is 9.39 Å². The van der Waals surface area contributed by atoms with Gasteiger partial charge in [-0.1, -0.05) is 0 Å². The van der Waals surface area contributed by atoms with Crippen LogP contribution in [0.3, 0.4) is 0 Å². The van der Waals surface area contributed by atoms with Gasteiger partial charge in [0.2, 0.25) is 0 Å². The molecule has 0 spiro atoms. The van der Waals surface area contributed by atoms with Crippen molar-refractivity contribution >= 4 is 39.9 Å². The zero-order valence-corrected chi connectivity index (χ0v) is 11.5. The zero-order chi connectivity index (χ0) is 12.7. The van der Waals surface area contributed by atoms with Gasteiger partial charge in [0.25, 0.3) is 0 Å². The standard InChI is InChI=1S/C11H14AsBO4/c1-2-3-7-16-11(14)17-13(15)10-6-4-5-9(12)8-10/h4-6,8,15H,2-3,7H2,1H3. The fraction of sp³-hybridized carbons (Fsp3) is 0.364. The molecule has 1 N–H and O–H groups in total. The first kappa shape index (κ1) is 14.1. The minimum absolute atomic E-state index is 0.312. The normalized spacial score (nSPS) is 9.82. The van der Waals surface area contributed by atoms with Crippen molar-refractivity contribution in [2.24, 2.45) is 0 Å². The van der Waals surface area contributed by atoms with Crippen molar-refractivity contribution in [2.75, 3.05) is 6.61 Å². The first-order valence-corrected chi connectivity index (χ1v) is 6.37. The van der Waals surface area contributed by atoms with Gasteiger partial charge in [-0.05, 0) is 0 Å². The first-order chi connectivity index (χ1) is 8.13. The van der Waals surface area contributed by atoms with Gasteiger partial charge in [-0.2, -0.15) is 0 Å². The second-order valence-electron chi connectivity index (χ2n) is 3.52. The van der Waals surface area contributed by atoms with Gasteiger partial charge in [-0.25, -0.2) is 0 Å². The molecule has 0 bridgehead atoms. The van der Waals surface area contributed by atoms with Gasteiger partial charge in [-0.15, -0.1) is 0 Å². The van der Waals surface area contributed by atoms with E-state index in [9.17, 15) is 9.82 Å². The van der Waals surface area contributed by atoms with E-state index in [0.717, 1.165) is 17.2 Å². The summed E-state index contributed by atoms with van der Waals surface area (Å²) in [5.74, 6) is 0. The molecule has 0 aliphatic rings. The van der Waals surface area contributed by atoms with Crippen molar-refractivity contribution in [3.05, 3.63) is 24.3 Å². The van der Waals surface area contributed by atoms with Gasteiger partial charge in [-0.3, -0.25) is 0 Å². The molecule has 0 fully saturated rings. The summed E-state index contributed by atoms with van der Waals surface area (Å²) < 4.78 is 10.4. The molecule has 0 unspecified atom stereocenters. The van der Waals surface area contributed by atoms with Gasteiger partial charge < -0.3 is 0 Å². The summed E-state index contributed by atoms with van der Waals surface area (Å²) in [5, 5.41) is 9.64. The van der Waals surface area contributed by atoms with Crippen LogP contribution in [0.2, 0.25) is 0 Å². The van der Waals surface area contributed by atoms with Crippen molar-refractivity contribution in [3.63, 3.8) is 0 Å². The third kappa shape index (κ3) is 5.29. The Labute approximate surface area is 110 Å². The number of benzene rings is 1. The molecule has 0 aromatic heterocycles. The Morgan fingerprint density at radius 1 is 1.53 bits per heavy atom. The van der Waals surface area contributed by atoms with E-state index in [1.54, 1.807) is 18.2 Å². The summed E-state index contributed by atoms with van der Waals surface area (Å²) in [5.41, 5.74) is 0.524. The molecule has 90 valence electrons. The summed E-state index contributed by atoms with van der Waals surface area (Å²) in [6.07, 6.45) is 0.876. The predicted molar refractivity (Wildman–Crippen MR) is 66.8 cm³/mol. The van der Waals surface area contributed by atoms with E-state index in [4.69, 9.17) is 9.39 Å². The number of carbonyl (C=O) groups is 1. The fourth-order valence-electron chi connectivity index (χ4n) is 1.17. The topological polar surface area (TPSA) is 55.8 Å². The van der Waals surface area contributed by atoms with Crippen LogP contribution >= 0.6 is 0 Å². The Hall–Kier alpha value is -0.927. The second kappa shape index (κ2) is 7.41. The fourth-order valence-corrected chi connectivity index (χ4v) is 1.66. The molecule has 0 heterocycles. The van der Waals surface area contributed by atoms with Crippen molar-refractivity contribution in [2.45, 2.75) is 19.8 Å². The Balaban J connectivity index is 2.43. The van der Waals surface area contributed by atoms with Gasteiger partial charge >= 0.3 is 110 Å². The van der Waals surface area contributed by atoms with Crippen LogP contribution in [0.1, 0.15) is 19.8 Å². The van der Waals surface area contributed by atoms with E-state index in [0.29, 0.717) is 12.1 Å². The van der Waals surface area contributed by atoms with E-state index in [1.807, 2.05) is 13.0 Å². The number of ether oxygens (including phenoxy) is 1. The molecule has 6 heteroatoms. The van der Waals surface area contributed by atoms with E-state index < -0.39 is 13.3 Å². The average molecular weight is 296 g/mol. The van der Waals surface area contributed by atoms with Crippen LogP contribution in [-0.4, -0.2) is 41.8 Å². The van der Waals surface area contributed by atoms with Crippen molar-refractivity contribution in [1.29, 1.82) is 0 Å². The quantitative estimate of drug-likeness (QED) is 0.476. The average Bonchev–Trinajstić information content (AvgIpc) is 2.29. The molecule has 0 saturated carbocycles. The van der Waals surface area contributed by atoms with Crippen molar-refractivity contribution in [3.8, 4) is 0 Å². The Morgan fingerprint density at radius 2 is 2.29 bits per heavy atom. The molecule has 0 aliphatic heterocycles. The SMILES string of the molecule is CCCCOC(=O)OB(O)c1cccc([As])c1. The van der Waals surface area contributed by atoms with E-state index >= 15 is 0 Å². The Morgan fingerprint density at radius 3 is 2.94 bits per heavy atom. The van der Waals surface area contributed by atoms with Crippen LogP contribution in [0.25, 0.3) is 0 Å². The molecule has 1 aromatic rings. The molecule has 17 heavy (non-hydrogen) atoms. The maximum atomic E-state index is 11.2. The molecular weight excluding hydrogens is 282 g/mol. The summed E-state index contributed by atoms with van der Waals surface area (Å²) in [7, 11) is -1.28. The molecule has 1 aromatic carbocycles. The second-order valence-corrected chi connectivity index (χ2v) is 4.60. The molecular formula is C11H14AsBO4. The van der Waals surface area contributed by atoms with E-state index in [2.05, 4.69) is 16.9 Å². The molecule has 2 radical (unpaired) electrons. The van der Waals surface area contributed by atoms with Crippen molar-refractivity contribution < 1.29 is 19.2 Å². The molecule has 0 atom stereocenters. The van der Waals surface area contributed by atoms with Crippen LogP contribution in [0, 0.1) is 0 Å². The molecule has 0 saturated heterocycles. The Kier molecular flexibility index (Phi) is 6.16. The number of hydrogen-bond acceptors (Lipinski definition) is 4. The van der Waals surface area contributed by atoms with E-state index in [-0.39, 0.29) is 0 Å². The summed E-state index contributed by atoms with van der Waals surface area (Å²) >= 11 is 2.35. The third-order valence-electron chi connectivity index (χ3n) is 2.08. The van der Waals surface area contributed by atoms with E-state index in [1.165, 1.54) is 0 Å². The minimum atomic E-state index is -1.28. The van der Waals surface area contributed by atoms with Gasteiger partial charge in [0.1, 0.15) is 0 Å². The Bertz CT molecular complexity index is 372. The molecule has 4 nitrogen and oxygen atoms in total. The maximum absolute atomic E-state index is 11.2. The summed E-state index contributed by atoms with van der Waals surface area (Å²) in [6, 6.07) is 7.05. The van der Waals surface area contributed by atoms with Crippen LogP contribution in [0.15, 0.2) is 24.3 Å². The molecule has 0 aliphatic carbocycles. The predicted octanol–water partition coefficient (Wildman–Crippen LogP) is 0.121. The number of carbonyl (C=O) groups excluding carboxylic acids is 1. The monoisotopic (exact) mass is 296 g/mol. The first-order valence-electron chi connectivity index (χ1n) is 5.44. The molecule has 1 rings (SSSR count). The summed E-state index contributed by atoms with van der Waals surface area (Å²) in [6.45, 7) is 2.31. The van der Waals surface area contributed by atoms with Gasteiger partial charge in [0, 0.05) is 0 Å². The zero-order valence-electron chi connectivity index (χ0n) is 9.63. The van der Waals surface area contributed by atoms with Gasteiger partial charge in [0.15, 0.2) is 0 Å². The van der Waals surface area contributed by atoms with Gasteiger partial charge in [0.05, 0.1) is 0 Å². The van der Waals surface area contributed by atoms with Crippen molar-refractivity contribution in [1.82, 2.24) is 0 Å². The van der Waals surface area contributed by atoms with Crippen LogP contribution in [0.4, 0.5) is 4.79 Å². The number of rotatable bonds is 5.